The highest BCUT2D eigenvalue weighted by molar-refractivity contribution is 5.79. The van der Waals surface area contributed by atoms with Gasteiger partial charge in [0.25, 0.3) is 0 Å². The third-order valence-corrected chi connectivity index (χ3v) is 2.81. The molecule has 0 aliphatic rings. The maximum absolute atomic E-state index is 11.8. The van der Waals surface area contributed by atoms with Gasteiger partial charge in [-0.15, -0.1) is 5.10 Å². The molecule has 20 heavy (non-hydrogen) atoms. The summed E-state index contributed by atoms with van der Waals surface area (Å²) in [5.41, 5.74) is 1.69. The zero-order chi connectivity index (χ0) is 14.4. The first-order valence-corrected chi connectivity index (χ1v) is 6.24. The van der Waals surface area contributed by atoms with E-state index in [9.17, 15) is 4.79 Å². The smallest absolute Gasteiger partial charge is 0.225 e. The molecule has 7 nitrogen and oxygen atoms in total. The first-order chi connectivity index (χ1) is 9.72. The van der Waals surface area contributed by atoms with Crippen LogP contribution in [0.2, 0.25) is 0 Å². The van der Waals surface area contributed by atoms with Gasteiger partial charge >= 0.3 is 0 Å². The van der Waals surface area contributed by atoms with Gasteiger partial charge in [0.2, 0.25) is 5.91 Å². The van der Waals surface area contributed by atoms with E-state index in [1.165, 1.54) is 11.0 Å². The highest BCUT2D eigenvalue weighted by atomic mass is 16.1. The Morgan fingerprint density at radius 1 is 1.45 bits per heavy atom. The Kier molecular flexibility index (Phi) is 4.39. The number of carbonyl (C=O) groups excluding carboxylic acids is 1. The number of nitrogens with zero attached hydrogens (tertiary/aromatic N) is 5. The van der Waals surface area contributed by atoms with E-state index >= 15 is 0 Å². The van der Waals surface area contributed by atoms with Crippen molar-refractivity contribution in [1.29, 1.82) is 5.26 Å². The maximum Gasteiger partial charge on any atom is 0.225 e. The summed E-state index contributed by atoms with van der Waals surface area (Å²) < 4.78 is 1.53. The van der Waals surface area contributed by atoms with E-state index in [-0.39, 0.29) is 12.3 Å². The van der Waals surface area contributed by atoms with Gasteiger partial charge in [0, 0.05) is 0 Å². The minimum absolute atomic E-state index is 0.159. The van der Waals surface area contributed by atoms with Crippen LogP contribution in [0.15, 0.2) is 30.6 Å². The fraction of sp³-hybridized carbons (Fsp3) is 0.308. The fourth-order valence-electron chi connectivity index (χ4n) is 1.70. The van der Waals surface area contributed by atoms with Crippen molar-refractivity contribution in [2.45, 2.75) is 25.8 Å². The van der Waals surface area contributed by atoms with Crippen LogP contribution in [-0.2, 0) is 11.2 Å². The van der Waals surface area contributed by atoms with Gasteiger partial charge in [-0.2, -0.15) is 5.26 Å². The van der Waals surface area contributed by atoms with Crippen molar-refractivity contribution < 1.29 is 4.79 Å². The number of hydrogen-bond donors (Lipinski definition) is 1. The van der Waals surface area contributed by atoms with E-state index in [1.807, 2.05) is 37.3 Å². The standard InChI is InChI=1S/C13H14N6O/c1-2-11(8-14)16-13(20)7-10-3-5-12(6-4-10)19-9-15-17-18-19/h3-6,9,11H,2,7H2,1H3,(H,16,20). The van der Waals surface area contributed by atoms with Crippen LogP contribution in [0.4, 0.5) is 0 Å². The van der Waals surface area contributed by atoms with Crippen molar-refractivity contribution in [3.05, 3.63) is 36.2 Å². The Balaban J connectivity index is 1.97. The normalized spacial score (nSPS) is 11.6. The quantitative estimate of drug-likeness (QED) is 0.859. The molecule has 102 valence electrons. The molecule has 0 aliphatic heterocycles. The number of tetrazole rings is 1. The van der Waals surface area contributed by atoms with E-state index in [4.69, 9.17) is 5.26 Å². The Hall–Kier alpha value is -2.75. The average molecular weight is 270 g/mol. The van der Waals surface area contributed by atoms with E-state index in [0.717, 1.165) is 11.3 Å². The van der Waals surface area contributed by atoms with Crippen LogP contribution in [-0.4, -0.2) is 32.2 Å². The summed E-state index contributed by atoms with van der Waals surface area (Å²) in [5, 5.41) is 22.4. The Labute approximate surface area is 116 Å². The van der Waals surface area contributed by atoms with Gasteiger partial charge in [-0.1, -0.05) is 19.1 Å². The van der Waals surface area contributed by atoms with Gasteiger partial charge < -0.3 is 5.32 Å². The van der Waals surface area contributed by atoms with Gasteiger partial charge in [-0.05, 0) is 34.5 Å². The van der Waals surface area contributed by atoms with Crippen molar-refractivity contribution in [3.8, 4) is 11.8 Å². The van der Waals surface area contributed by atoms with Crippen LogP contribution in [0, 0.1) is 11.3 Å². The summed E-state index contributed by atoms with van der Waals surface area (Å²) in [7, 11) is 0. The molecule has 0 spiro atoms. The lowest BCUT2D eigenvalue weighted by Crippen LogP contribution is -2.34. The van der Waals surface area contributed by atoms with Gasteiger partial charge in [-0.25, -0.2) is 4.68 Å². The SMILES string of the molecule is CCC(C#N)NC(=O)Cc1ccc(-n2cnnn2)cc1. The molecule has 0 bridgehead atoms. The van der Waals surface area contributed by atoms with Crippen molar-refractivity contribution in [2.75, 3.05) is 0 Å². The third kappa shape index (κ3) is 3.38. The Bertz CT molecular complexity index is 599. The minimum Gasteiger partial charge on any atom is -0.340 e. The summed E-state index contributed by atoms with van der Waals surface area (Å²) in [4.78, 5) is 11.8. The number of rotatable bonds is 5. The number of benzene rings is 1. The van der Waals surface area contributed by atoms with E-state index in [1.54, 1.807) is 0 Å². The molecule has 1 atom stereocenters. The molecule has 1 N–H and O–H groups in total. The van der Waals surface area contributed by atoms with Crippen molar-refractivity contribution >= 4 is 5.91 Å². The molecule has 1 aromatic carbocycles. The number of carbonyl (C=O) groups is 1. The number of aromatic nitrogens is 4. The van der Waals surface area contributed by atoms with Crippen LogP contribution >= 0.6 is 0 Å². The van der Waals surface area contributed by atoms with Crippen molar-refractivity contribution in [2.24, 2.45) is 0 Å². The van der Waals surface area contributed by atoms with Gasteiger partial charge in [0.15, 0.2) is 0 Å². The predicted octanol–water partition coefficient (Wildman–Crippen LogP) is 0.623. The molecular formula is C13H14N6O. The molecule has 1 heterocycles. The molecule has 2 rings (SSSR count). The molecule has 0 fully saturated rings. The number of nitrogens with one attached hydrogen (secondary N) is 1. The molecular weight excluding hydrogens is 256 g/mol. The second kappa shape index (κ2) is 6.43. The van der Waals surface area contributed by atoms with Crippen LogP contribution in [0.25, 0.3) is 5.69 Å². The lowest BCUT2D eigenvalue weighted by Gasteiger charge is -2.09. The topological polar surface area (TPSA) is 96.5 Å². The van der Waals surface area contributed by atoms with E-state index in [2.05, 4.69) is 20.8 Å². The van der Waals surface area contributed by atoms with E-state index in [0.29, 0.717) is 6.42 Å². The predicted molar refractivity (Wildman–Crippen MR) is 70.7 cm³/mol. The number of nitriles is 1. The monoisotopic (exact) mass is 270 g/mol. The summed E-state index contributed by atoms with van der Waals surface area (Å²) >= 11 is 0. The van der Waals surface area contributed by atoms with Crippen LogP contribution in [0.5, 0.6) is 0 Å². The van der Waals surface area contributed by atoms with E-state index < -0.39 is 6.04 Å². The molecule has 0 radical (unpaired) electrons. The number of hydrogen-bond acceptors (Lipinski definition) is 5. The zero-order valence-electron chi connectivity index (χ0n) is 11.0. The molecule has 0 saturated carbocycles. The Morgan fingerprint density at radius 3 is 2.75 bits per heavy atom. The summed E-state index contributed by atoms with van der Waals surface area (Å²) in [6.07, 6.45) is 2.34. The molecule has 2 aromatic rings. The van der Waals surface area contributed by atoms with Gasteiger partial charge in [0.05, 0.1) is 18.2 Å². The molecule has 7 heteroatoms. The van der Waals surface area contributed by atoms with Gasteiger partial charge in [0.1, 0.15) is 12.4 Å². The number of amides is 1. The largest absolute Gasteiger partial charge is 0.340 e. The van der Waals surface area contributed by atoms with Crippen molar-refractivity contribution in [3.63, 3.8) is 0 Å². The second-order valence-electron chi connectivity index (χ2n) is 4.26. The highest BCUT2D eigenvalue weighted by Crippen LogP contribution is 2.08. The zero-order valence-corrected chi connectivity index (χ0v) is 11.0. The fourth-order valence-corrected chi connectivity index (χ4v) is 1.70. The Morgan fingerprint density at radius 2 is 2.20 bits per heavy atom. The molecule has 1 amide bonds. The first kappa shape index (κ1) is 13.7. The van der Waals surface area contributed by atoms with Crippen LogP contribution in [0.1, 0.15) is 18.9 Å². The molecule has 0 saturated heterocycles. The lowest BCUT2D eigenvalue weighted by atomic mass is 10.1. The van der Waals surface area contributed by atoms with Crippen LogP contribution in [0.3, 0.4) is 0 Å². The molecule has 1 aromatic heterocycles. The lowest BCUT2D eigenvalue weighted by molar-refractivity contribution is -0.120. The second-order valence-corrected chi connectivity index (χ2v) is 4.26. The average Bonchev–Trinajstić information content (AvgIpc) is 2.99. The summed E-state index contributed by atoms with van der Waals surface area (Å²) in [6, 6.07) is 8.95. The first-order valence-electron chi connectivity index (χ1n) is 6.24. The summed E-state index contributed by atoms with van der Waals surface area (Å²) in [6.45, 7) is 1.86. The highest BCUT2D eigenvalue weighted by Gasteiger charge is 2.09. The molecule has 0 aliphatic carbocycles. The minimum atomic E-state index is -0.428. The van der Waals surface area contributed by atoms with Crippen LogP contribution < -0.4 is 5.32 Å². The summed E-state index contributed by atoms with van der Waals surface area (Å²) in [5.74, 6) is -0.159. The third-order valence-electron chi connectivity index (χ3n) is 2.81. The maximum atomic E-state index is 11.8. The molecule has 1 unspecified atom stereocenters. The van der Waals surface area contributed by atoms with Gasteiger partial charge in [-0.3, -0.25) is 4.79 Å². The van der Waals surface area contributed by atoms with Crippen molar-refractivity contribution in [1.82, 2.24) is 25.5 Å².